The molecule has 2 atom stereocenters. The standard InChI is InChI=1S/C7H10O4/c1-2-3-5(6-4-10-6)11-7(8)9/h2,5-6H,1,3-4H2,(H,8,9). The van der Waals surface area contributed by atoms with Gasteiger partial charge in [-0.1, -0.05) is 6.08 Å². The minimum Gasteiger partial charge on any atom is -0.450 e. The topological polar surface area (TPSA) is 59.1 Å². The van der Waals surface area contributed by atoms with Crippen molar-refractivity contribution >= 4 is 6.16 Å². The maximum absolute atomic E-state index is 10.1. The van der Waals surface area contributed by atoms with Gasteiger partial charge in [-0.3, -0.25) is 0 Å². The molecule has 1 aliphatic rings. The van der Waals surface area contributed by atoms with Crippen LogP contribution in [0.15, 0.2) is 12.7 Å². The summed E-state index contributed by atoms with van der Waals surface area (Å²) in [6.45, 7) is 4.08. The van der Waals surface area contributed by atoms with E-state index < -0.39 is 6.16 Å². The quantitative estimate of drug-likeness (QED) is 0.377. The average molecular weight is 158 g/mol. The van der Waals surface area contributed by atoms with E-state index in [1.165, 1.54) is 0 Å². The summed E-state index contributed by atoms with van der Waals surface area (Å²) in [5, 5.41) is 8.28. The largest absolute Gasteiger partial charge is 0.506 e. The van der Waals surface area contributed by atoms with Crippen molar-refractivity contribution in [3.63, 3.8) is 0 Å². The molecule has 0 aliphatic carbocycles. The molecule has 0 aromatic carbocycles. The summed E-state index contributed by atoms with van der Waals surface area (Å²) >= 11 is 0. The van der Waals surface area contributed by atoms with Gasteiger partial charge in [0.1, 0.15) is 12.2 Å². The zero-order valence-corrected chi connectivity index (χ0v) is 6.03. The molecule has 1 rings (SSSR count). The van der Waals surface area contributed by atoms with Crippen LogP contribution in [0.3, 0.4) is 0 Å². The second-order valence-corrected chi connectivity index (χ2v) is 2.32. The van der Waals surface area contributed by atoms with Gasteiger partial charge in [-0.15, -0.1) is 6.58 Å². The normalized spacial score (nSPS) is 23.8. The van der Waals surface area contributed by atoms with Crippen LogP contribution in [0.25, 0.3) is 0 Å². The van der Waals surface area contributed by atoms with Gasteiger partial charge < -0.3 is 14.6 Å². The highest BCUT2D eigenvalue weighted by atomic mass is 16.7. The van der Waals surface area contributed by atoms with Gasteiger partial charge >= 0.3 is 6.16 Å². The van der Waals surface area contributed by atoms with Crippen LogP contribution < -0.4 is 0 Å². The van der Waals surface area contributed by atoms with Crippen LogP contribution in [0.1, 0.15) is 6.42 Å². The van der Waals surface area contributed by atoms with Crippen LogP contribution >= 0.6 is 0 Å². The van der Waals surface area contributed by atoms with Crippen molar-refractivity contribution in [1.29, 1.82) is 0 Å². The number of hydrogen-bond donors (Lipinski definition) is 1. The fraction of sp³-hybridized carbons (Fsp3) is 0.571. The van der Waals surface area contributed by atoms with E-state index in [4.69, 9.17) is 9.84 Å². The Morgan fingerprint density at radius 3 is 3.00 bits per heavy atom. The molecule has 1 N–H and O–H groups in total. The third-order valence-electron chi connectivity index (χ3n) is 1.42. The minimum absolute atomic E-state index is 0.0518. The van der Waals surface area contributed by atoms with E-state index in [1.54, 1.807) is 6.08 Å². The van der Waals surface area contributed by atoms with Gasteiger partial charge in [0.25, 0.3) is 0 Å². The minimum atomic E-state index is -1.26. The van der Waals surface area contributed by atoms with E-state index in [2.05, 4.69) is 11.3 Å². The van der Waals surface area contributed by atoms with Crippen molar-refractivity contribution in [2.75, 3.05) is 6.61 Å². The Kier molecular flexibility index (Phi) is 2.48. The Hall–Kier alpha value is -1.03. The molecule has 0 amide bonds. The first-order chi connectivity index (χ1) is 5.24. The van der Waals surface area contributed by atoms with Crippen LogP contribution in [-0.4, -0.2) is 30.1 Å². The van der Waals surface area contributed by atoms with Gasteiger partial charge in [0.2, 0.25) is 0 Å². The van der Waals surface area contributed by atoms with Crippen LogP contribution in [-0.2, 0) is 9.47 Å². The Morgan fingerprint density at radius 1 is 2.00 bits per heavy atom. The van der Waals surface area contributed by atoms with Crippen molar-refractivity contribution in [3.05, 3.63) is 12.7 Å². The van der Waals surface area contributed by atoms with Crippen LogP contribution in [0.4, 0.5) is 4.79 Å². The van der Waals surface area contributed by atoms with Crippen molar-refractivity contribution < 1.29 is 19.4 Å². The molecule has 1 aliphatic heterocycles. The number of ether oxygens (including phenoxy) is 2. The summed E-state index contributed by atoms with van der Waals surface area (Å²) in [5.41, 5.74) is 0. The molecule has 0 saturated carbocycles. The van der Waals surface area contributed by atoms with E-state index in [1.807, 2.05) is 0 Å². The molecule has 0 spiro atoms. The zero-order chi connectivity index (χ0) is 8.27. The Bertz CT molecular complexity index is 162. The predicted molar refractivity (Wildman–Crippen MR) is 37.5 cm³/mol. The summed E-state index contributed by atoms with van der Waals surface area (Å²) in [6, 6.07) is 0. The van der Waals surface area contributed by atoms with Crippen molar-refractivity contribution in [1.82, 2.24) is 0 Å². The SMILES string of the molecule is C=CCC(OC(=O)O)C1CO1. The molecule has 0 radical (unpaired) electrons. The summed E-state index contributed by atoms with van der Waals surface area (Å²) in [4.78, 5) is 10.1. The lowest BCUT2D eigenvalue weighted by atomic mass is 10.2. The first-order valence-electron chi connectivity index (χ1n) is 3.36. The lowest BCUT2D eigenvalue weighted by Crippen LogP contribution is -2.21. The molecule has 62 valence electrons. The molecule has 0 aromatic rings. The van der Waals surface area contributed by atoms with Gasteiger partial charge in [0.05, 0.1) is 6.61 Å². The highest BCUT2D eigenvalue weighted by molar-refractivity contribution is 5.57. The first kappa shape index (κ1) is 8.07. The number of rotatable bonds is 4. The third kappa shape index (κ3) is 2.59. The number of hydrogen-bond acceptors (Lipinski definition) is 3. The van der Waals surface area contributed by atoms with Gasteiger partial charge in [-0.05, 0) is 0 Å². The number of epoxide rings is 1. The summed E-state index contributed by atoms with van der Waals surface area (Å²) in [7, 11) is 0. The summed E-state index contributed by atoms with van der Waals surface area (Å²) in [5.74, 6) is 0. The molecule has 0 bridgehead atoms. The molecule has 4 heteroatoms. The lowest BCUT2D eigenvalue weighted by Gasteiger charge is -2.09. The fourth-order valence-electron chi connectivity index (χ4n) is 0.840. The van der Waals surface area contributed by atoms with Gasteiger partial charge in [-0.25, -0.2) is 4.79 Å². The van der Waals surface area contributed by atoms with Crippen molar-refractivity contribution in [3.8, 4) is 0 Å². The molecule has 1 heterocycles. The van der Waals surface area contributed by atoms with Crippen molar-refractivity contribution in [2.24, 2.45) is 0 Å². The first-order valence-corrected chi connectivity index (χ1v) is 3.36. The maximum Gasteiger partial charge on any atom is 0.506 e. The average Bonchev–Trinajstić information content (AvgIpc) is 2.66. The smallest absolute Gasteiger partial charge is 0.450 e. The van der Waals surface area contributed by atoms with Gasteiger partial charge in [-0.2, -0.15) is 0 Å². The Balaban J connectivity index is 2.31. The highest BCUT2D eigenvalue weighted by Gasteiger charge is 2.34. The molecular formula is C7H10O4. The van der Waals surface area contributed by atoms with Gasteiger partial charge in [0, 0.05) is 6.42 Å². The van der Waals surface area contributed by atoms with E-state index in [0.717, 1.165) is 0 Å². The second kappa shape index (κ2) is 3.39. The highest BCUT2D eigenvalue weighted by Crippen LogP contribution is 2.19. The van der Waals surface area contributed by atoms with E-state index in [0.29, 0.717) is 13.0 Å². The van der Waals surface area contributed by atoms with E-state index >= 15 is 0 Å². The molecule has 11 heavy (non-hydrogen) atoms. The van der Waals surface area contributed by atoms with Gasteiger partial charge in [0.15, 0.2) is 0 Å². The predicted octanol–water partition coefficient (Wildman–Crippen LogP) is 1.02. The molecule has 1 saturated heterocycles. The molecule has 1 fully saturated rings. The zero-order valence-electron chi connectivity index (χ0n) is 6.03. The second-order valence-electron chi connectivity index (χ2n) is 2.32. The van der Waals surface area contributed by atoms with Crippen LogP contribution in [0.5, 0.6) is 0 Å². The lowest BCUT2D eigenvalue weighted by molar-refractivity contribution is 0.0403. The number of carbonyl (C=O) groups is 1. The monoisotopic (exact) mass is 158 g/mol. The van der Waals surface area contributed by atoms with Crippen LogP contribution in [0.2, 0.25) is 0 Å². The Labute approximate surface area is 64.4 Å². The summed E-state index contributed by atoms with van der Waals surface area (Å²) in [6.07, 6.45) is 0.452. The fourth-order valence-corrected chi connectivity index (χ4v) is 0.840. The van der Waals surface area contributed by atoms with E-state index in [-0.39, 0.29) is 12.2 Å². The van der Waals surface area contributed by atoms with Crippen molar-refractivity contribution in [2.45, 2.75) is 18.6 Å². The molecule has 2 unspecified atom stereocenters. The van der Waals surface area contributed by atoms with E-state index in [9.17, 15) is 4.79 Å². The third-order valence-corrected chi connectivity index (χ3v) is 1.42. The summed E-state index contributed by atoms with van der Waals surface area (Å²) < 4.78 is 9.42. The Morgan fingerprint density at radius 2 is 2.64 bits per heavy atom. The molecule has 0 aromatic heterocycles. The number of carboxylic acid groups (broad SMARTS) is 1. The molecular weight excluding hydrogens is 148 g/mol. The van der Waals surface area contributed by atoms with Crippen LogP contribution in [0, 0.1) is 0 Å². The maximum atomic E-state index is 10.1. The molecule has 4 nitrogen and oxygen atoms in total.